The van der Waals surface area contributed by atoms with E-state index >= 15 is 0 Å². The number of nitrogens with zero attached hydrogens (tertiary/aromatic N) is 1. The second-order valence-corrected chi connectivity index (χ2v) is 2.84. The zero-order valence-electron chi connectivity index (χ0n) is 6.68. The zero-order chi connectivity index (χ0) is 8.10. The molecule has 0 saturated carbocycles. The maximum Gasteiger partial charge on any atom is 0.312 e. The van der Waals surface area contributed by atoms with Crippen LogP contribution in [0.3, 0.4) is 0 Å². The first kappa shape index (κ1) is 8.33. The van der Waals surface area contributed by atoms with Crippen molar-refractivity contribution in [3.63, 3.8) is 0 Å². The molecule has 1 aliphatic heterocycles. The molecular formula is C7H15N3O. The van der Waals surface area contributed by atoms with E-state index in [2.05, 4.69) is 10.2 Å². The van der Waals surface area contributed by atoms with Crippen molar-refractivity contribution in [1.29, 1.82) is 0 Å². The van der Waals surface area contributed by atoms with Gasteiger partial charge >= 0.3 is 6.03 Å². The molecule has 64 valence electrons. The Morgan fingerprint density at radius 1 is 1.45 bits per heavy atom. The maximum absolute atomic E-state index is 10.3. The third-order valence-corrected chi connectivity index (χ3v) is 1.93. The lowest BCUT2D eigenvalue weighted by Gasteiger charge is -2.13. The first-order valence-electron chi connectivity index (χ1n) is 4.05. The second-order valence-electron chi connectivity index (χ2n) is 2.84. The molecule has 3 N–H and O–H groups in total. The molecule has 0 spiro atoms. The number of urea groups is 1. The average Bonchev–Trinajstić information content (AvgIpc) is 2.39. The van der Waals surface area contributed by atoms with E-state index in [1.54, 1.807) is 0 Å². The van der Waals surface area contributed by atoms with Crippen LogP contribution in [0.15, 0.2) is 0 Å². The minimum Gasteiger partial charge on any atom is -0.352 e. The van der Waals surface area contributed by atoms with Gasteiger partial charge in [0.2, 0.25) is 0 Å². The molecule has 0 aromatic carbocycles. The molecule has 11 heavy (non-hydrogen) atoms. The number of hydrogen-bond acceptors (Lipinski definition) is 2. The minimum absolute atomic E-state index is 0.427. The van der Waals surface area contributed by atoms with E-state index < -0.39 is 6.03 Å². The average molecular weight is 157 g/mol. The van der Waals surface area contributed by atoms with Crippen LogP contribution in [0.5, 0.6) is 0 Å². The highest BCUT2D eigenvalue weighted by atomic mass is 16.2. The molecule has 2 amide bonds. The van der Waals surface area contributed by atoms with Crippen molar-refractivity contribution in [2.24, 2.45) is 5.73 Å². The maximum atomic E-state index is 10.3. The number of carbonyl (C=O) groups excluding carboxylic acids is 1. The third kappa shape index (κ3) is 3.23. The largest absolute Gasteiger partial charge is 0.352 e. The molecule has 0 radical (unpaired) electrons. The molecule has 4 nitrogen and oxygen atoms in total. The number of primary amides is 1. The van der Waals surface area contributed by atoms with Gasteiger partial charge in [0.25, 0.3) is 0 Å². The van der Waals surface area contributed by atoms with Gasteiger partial charge < -0.3 is 16.0 Å². The molecule has 4 heteroatoms. The third-order valence-electron chi connectivity index (χ3n) is 1.93. The summed E-state index contributed by atoms with van der Waals surface area (Å²) in [6, 6.07) is -0.427. The Labute approximate surface area is 66.7 Å². The van der Waals surface area contributed by atoms with Crippen molar-refractivity contribution in [2.45, 2.75) is 12.8 Å². The van der Waals surface area contributed by atoms with Gasteiger partial charge in [-0.15, -0.1) is 0 Å². The summed E-state index contributed by atoms with van der Waals surface area (Å²) in [4.78, 5) is 12.6. The summed E-state index contributed by atoms with van der Waals surface area (Å²) in [6.45, 7) is 3.94. The van der Waals surface area contributed by atoms with Crippen LogP contribution < -0.4 is 11.1 Å². The molecule has 1 saturated heterocycles. The molecule has 0 aliphatic carbocycles. The number of likely N-dealkylation sites (tertiary alicyclic amines) is 1. The summed E-state index contributed by atoms with van der Waals surface area (Å²) in [5, 5.41) is 2.57. The zero-order valence-corrected chi connectivity index (χ0v) is 6.68. The van der Waals surface area contributed by atoms with Gasteiger partial charge in [0.1, 0.15) is 0 Å². The van der Waals surface area contributed by atoms with Gasteiger partial charge in [0, 0.05) is 13.1 Å². The minimum atomic E-state index is -0.427. The molecule has 1 aliphatic rings. The number of carbonyl (C=O) groups is 1. The fraction of sp³-hybridized carbons (Fsp3) is 0.857. The van der Waals surface area contributed by atoms with Crippen molar-refractivity contribution >= 4 is 6.03 Å². The highest BCUT2D eigenvalue weighted by Crippen LogP contribution is 2.05. The van der Waals surface area contributed by atoms with Crippen molar-refractivity contribution in [3.8, 4) is 0 Å². The monoisotopic (exact) mass is 157 g/mol. The van der Waals surface area contributed by atoms with Crippen molar-refractivity contribution in [3.05, 3.63) is 0 Å². The smallest absolute Gasteiger partial charge is 0.312 e. The molecule has 1 rings (SSSR count). The van der Waals surface area contributed by atoms with Gasteiger partial charge in [-0.3, -0.25) is 0 Å². The van der Waals surface area contributed by atoms with Crippen molar-refractivity contribution in [1.82, 2.24) is 10.2 Å². The summed E-state index contributed by atoms with van der Waals surface area (Å²) in [5.74, 6) is 0. The molecule has 0 aromatic rings. The lowest BCUT2D eigenvalue weighted by atomic mass is 10.4. The summed E-state index contributed by atoms with van der Waals surface area (Å²) in [5.41, 5.74) is 4.91. The van der Waals surface area contributed by atoms with Crippen LogP contribution in [-0.4, -0.2) is 37.1 Å². The van der Waals surface area contributed by atoms with Crippen LogP contribution in [0.1, 0.15) is 12.8 Å². The van der Waals surface area contributed by atoms with Crippen LogP contribution >= 0.6 is 0 Å². The fourth-order valence-electron chi connectivity index (χ4n) is 1.34. The highest BCUT2D eigenvalue weighted by Gasteiger charge is 2.09. The van der Waals surface area contributed by atoms with E-state index in [-0.39, 0.29) is 0 Å². The molecule has 0 bridgehead atoms. The summed E-state index contributed by atoms with van der Waals surface area (Å²) in [6.07, 6.45) is 2.58. The molecule has 1 heterocycles. The van der Waals surface area contributed by atoms with Gasteiger partial charge in [-0.1, -0.05) is 0 Å². The van der Waals surface area contributed by atoms with E-state index in [1.807, 2.05) is 0 Å². The summed E-state index contributed by atoms with van der Waals surface area (Å²) >= 11 is 0. The summed E-state index contributed by atoms with van der Waals surface area (Å²) < 4.78 is 0. The van der Waals surface area contributed by atoms with Crippen LogP contribution in [0.25, 0.3) is 0 Å². The van der Waals surface area contributed by atoms with E-state index in [4.69, 9.17) is 5.73 Å². The van der Waals surface area contributed by atoms with Crippen LogP contribution in [0, 0.1) is 0 Å². The van der Waals surface area contributed by atoms with E-state index in [0.29, 0.717) is 6.54 Å². The standard InChI is InChI=1S/C7H15N3O/c8-7(11)9-3-6-10-4-1-2-5-10/h1-6H2,(H3,8,9,11). The van der Waals surface area contributed by atoms with Gasteiger partial charge in [0.15, 0.2) is 0 Å². The summed E-state index contributed by atoms with van der Waals surface area (Å²) in [7, 11) is 0. The lowest BCUT2D eigenvalue weighted by Crippen LogP contribution is -2.36. The van der Waals surface area contributed by atoms with Gasteiger partial charge in [-0.2, -0.15) is 0 Å². The predicted octanol–water partition coefficient (Wildman–Crippen LogP) is -0.250. The quantitative estimate of drug-likeness (QED) is 0.593. The van der Waals surface area contributed by atoms with E-state index in [1.165, 1.54) is 25.9 Å². The topological polar surface area (TPSA) is 58.4 Å². The Morgan fingerprint density at radius 2 is 2.09 bits per heavy atom. The van der Waals surface area contributed by atoms with E-state index in [0.717, 1.165) is 6.54 Å². The molecule has 0 unspecified atom stereocenters. The molecular weight excluding hydrogens is 142 g/mol. The van der Waals surface area contributed by atoms with Crippen LogP contribution in [0.4, 0.5) is 4.79 Å². The first-order chi connectivity index (χ1) is 5.29. The molecule has 0 aromatic heterocycles. The van der Waals surface area contributed by atoms with Gasteiger partial charge in [0.05, 0.1) is 0 Å². The predicted molar refractivity (Wildman–Crippen MR) is 43.3 cm³/mol. The van der Waals surface area contributed by atoms with Crippen LogP contribution in [-0.2, 0) is 0 Å². The lowest BCUT2D eigenvalue weighted by molar-refractivity contribution is 0.246. The Bertz CT molecular complexity index is 132. The van der Waals surface area contributed by atoms with Crippen LogP contribution in [0.2, 0.25) is 0 Å². The number of amides is 2. The van der Waals surface area contributed by atoms with Crippen molar-refractivity contribution in [2.75, 3.05) is 26.2 Å². The number of rotatable bonds is 3. The van der Waals surface area contributed by atoms with Gasteiger partial charge in [-0.05, 0) is 25.9 Å². The Balaban J connectivity index is 1.98. The van der Waals surface area contributed by atoms with Gasteiger partial charge in [-0.25, -0.2) is 4.79 Å². The SMILES string of the molecule is NC(=O)NCCN1CCCC1. The Morgan fingerprint density at radius 3 is 2.64 bits per heavy atom. The number of nitrogens with two attached hydrogens (primary N) is 1. The van der Waals surface area contributed by atoms with E-state index in [9.17, 15) is 4.79 Å². The molecule has 0 atom stereocenters. The fourth-order valence-corrected chi connectivity index (χ4v) is 1.34. The number of nitrogens with one attached hydrogen (secondary N) is 1. The normalized spacial score (nSPS) is 18.5. The second kappa shape index (κ2) is 4.18. The Kier molecular flexibility index (Phi) is 3.16. The number of hydrogen-bond donors (Lipinski definition) is 2. The molecule has 1 fully saturated rings. The Hall–Kier alpha value is -0.770. The first-order valence-corrected chi connectivity index (χ1v) is 4.05. The highest BCUT2D eigenvalue weighted by molar-refractivity contribution is 5.71. The van der Waals surface area contributed by atoms with Crippen molar-refractivity contribution < 1.29 is 4.79 Å².